The van der Waals surface area contributed by atoms with Crippen molar-refractivity contribution in [3.63, 3.8) is 0 Å². The first kappa shape index (κ1) is 14.7. The molecule has 17 heavy (non-hydrogen) atoms. The molecule has 1 unspecified atom stereocenters. The molecule has 4 heteroatoms. The van der Waals surface area contributed by atoms with E-state index in [9.17, 15) is 0 Å². The SMILES string of the molecule is CCC1CN(C(=NC)NCCC(C)C)CCS1. The minimum absolute atomic E-state index is 0.751. The maximum absolute atomic E-state index is 4.40. The number of rotatable bonds is 4. The molecular weight excluding hydrogens is 230 g/mol. The summed E-state index contributed by atoms with van der Waals surface area (Å²) in [4.78, 5) is 6.81. The van der Waals surface area contributed by atoms with Crippen LogP contribution in [0, 0.1) is 5.92 Å². The van der Waals surface area contributed by atoms with Crippen LogP contribution in [0.4, 0.5) is 0 Å². The summed E-state index contributed by atoms with van der Waals surface area (Å²) in [6.45, 7) is 10.1. The molecule has 0 saturated carbocycles. The van der Waals surface area contributed by atoms with E-state index in [1.165, 1.54) is 18.6 Å². The van der Waals surface area contributed by atoms with E-state index in [1.54, 1.807) is 0 Å². The number of nitrogens with one attached hydrogen (secondary N) is 1. The average Bonchev–Trinajstić information content (AvgIpc) is 2.34. The highest BCUT2D eigenvalue weighted by Crippen LogP contribution is 2.20. The van der Waals surface area contributed by atoms with Gasteiger partial charge in [0, 0.05) is 37.7 Å². The van der Waals surface area contributed by atoms with Gasteiger partial charge in [0.05, 0.1) is 0 Å². The molecule has 100 valence electrons. The highest BCUT2D eigenvalue weighted by molar-refractivity contribution is 8.00. The molecule has 1 fully saturated rings. The highest BCUT2D eigenvalue weighted by atomic mass is 32.2. The van der Waals surface area contributed by atoms with Crippen LogP contribution in [0.3, 0.4) is 0 Å². The van der Waals surface area contributed by atoms with E-state index in [-0.39, 0.29) is 0 Å². The van der Waals surface area contributed by atoms with Gasteiger partial charge in [0.1, 0.15) is 0 Å². The van der Waals surface area contributed by atoms with Crippen molar-refractivity contribution in [3.8, 4) is 0 Å². The number of thioether (sulfide) groups is 1. The summed E-state index contributed by atoms with van der Waals surface area (Å²) in [5, 5.41) is 4.25. The molecule has 0 aromatic carbocycles. The minimum Gasteiger partial charge on any atom is -0.356 e. The van der Waals surface area contributed by atoms with E-state index in [1.807, 2.05) is 7.05 Å². The third-order valence-electron chi connectivity index (χ3n) is 3.11. The molecule has 1 rings (SSSR count). The molecular formula is C13H27N3S. The second-order valence-electron chi connectivity index (χ2n) is 5.00. The Kier molecular flexibility index (Phi) is 6.78. The van der Waals surface area contributed by atoms with Crippen LogP contribution in [-0.2, 0) is 0 Å². The fourth-order valence-corrected chi connectivity index (χ4v) is 3.14. The minimum atomic E-state index is 0.751. The predicted molar refractivity (Wildman–Crippen MR) is 78.9 cm³/mol. The highest BCUT2D eigenvalue weighted by Gasteiger charge is 2.21. The van der Waals surface area contributed by atoms with Gasteiger partial charge >= 0.3 is 0 Å². The van der Waals surface area contributed by atoms with Crippen LogP contribution in [0.25, 0.3) is 0 Å². The number of nitrogens with zero attached hydrogens (tertiary/aromatic N) is 2. The van der Waals surface area contributed by atoms with Crippen LogP contribution in [0.2, 0.25) is 0 Å². The molecule has 1 N–H and O–H groups in total. The first-order chi connectivity index (χ1) is 8.17. The second kappa shape index (κ2) is 7.85. The van der Waals surface area contributed by atoms with Crippen LogP contribution >= 0.6 is 11.8 Å². The summed E-state index contributed by atoms with van der Waals surface area (Å²) in [7, 11) is 1.89. The zero-order chi connectivity index (χ0) is 12.7. The van der Waals surface area contributed by atoms with Gasteiger partial charge in [0.2, 0.25) is 0 Å². The predicted octanol–water partition coefficient (Wildman–Crippen LogP) is 2.44. The lowest BCUT2D eigenvalue weighted by atomic mass is 10.1. The molecule has 1 aliphatic rings. The van der Waals surface area contributed by atoms with Crippen molar-refractivity contribution < 1.29 is 0 Å². The zero-order valence-electron chi connectivity index (χ0n) is 11.7. The summed E-state index contributed by atoms with van der Waals surface area (Å²) in [5.74, 6) is 3.06. The van der Waals surface area contributed by atoms with Crippen LogP contribution in [0.15, 0.2) is 4.99 Å². The summed E-state index contributed by atoms with van der Waals surface area (Å²) >= 11 is 2.10. The maximum Gasteiger partial charge on any atom is 0.193 e. The van der Waals surface area contributed by atoms with Crippen LogP contribution in [-0.4, -0.2) is 48.5 Å². The molecule has 0 bridgehead atoms. The lowest BCUT2D eigenvalue weighted by molar-refractivity contribution is 0.405. The average molecular weight is 257 g/mol. The first-order valence-corrected chi connectivity index (χ1v) is 7.79. The fraction of sp³-hybridized carbons (Fsp3) is 0.923. The van der Waals surface area contributed by atoms with Gasteiger partial charge < -0.3 is 10.2 Å². The number of hydrogen-bond donors (Lipinski definition) is 1. The molecule has 3 nitrogen and oxygen atoms in total. The third-order valence-corrected chi connectivity index (χ3v) is 4.48. The van der Waals surface area contributed by atoms with Crippen molar-refractivity contribution >= 4 is 17.7 Å². The topological polar surface area (TPSA) is 27.6 Å². The lowest BCUT2D eigenvalue weighted by Gasteiger charge is -2.34. The van der Waals surface area contributed by atoms with Crippen molar-refractivity contribution in [2.24, 2.45) is 10.9 Å². The monoisotopic (exact) mass is 257 g/mol. The van der Waals surface area contributed by atoms with E-state index in [2.05, 4.69) is 47.7 Å². The Morgan fingerprint density at radius 1 is 1.53 bits per heavy atom. The lowest BCUT2D eigenvalue weighted by Crippen LogP contribution is -2.48. The normalized spacial score (nSPS) is 22.1. The summed E-state index contributed by atoms with van der Waals surface area (Å²) in [6, 6.07) is 0. The van der Waals surface area contributed by atoms with Crippen molar-refractivity contribution in [1.82, 2.24) is 10.2 Å². The molecule has 0 amide bonds. The Labute approximate surface area is 110 Å². The van der Waals surface area contributed by atoms with Gasteiger partial charge in [-0.05, 0) is 18.8 Å². The molecule has 1 aliphatic heterocycles. The van der Waals surface area contributed by atoms with Crippen LogP contribution in [0.1, 0.15) is 33.6 Å². The number of hydrogen-bond acceptors (Lipinski definition) is 2. The molecule has 1 heterocycles. The Morgan fingerprint density at radius 2 is 2.29 bits per heavy atom. The molecule has 0 spiro atoms. The van der Waals surface area contributed by atoms with Gasteiger partial charge in [-0.25, -0.2) is 0 Å². The standard InChI is InChI=1S/C13H27N3S/c1-5-12-10-16(8-9-17-12)13(14-4)15-7-6-11(2)3/h11-12H,5-10H2,1-4H3,(H,14,15). The summed E-state index contributed by atoms with van der Waals surface area (Å²) < 4.78 is 0. The van der Waals surface area contributed by atoms with E-state index >= 15 is 0 Å². The molecule has 0 aromatic rings. The van der Waals surface area contributed by atoms with Crippen LogP contribution in [0.5, 0.6) is 0 Å². The molecule has 0 radical (unpaired) electrons. The Morgan fingerprint density at radius 3 is 2.88 bits per heavy atom. The van der Waals surface area contributed by atoms with Crippen molar-refractivity contribution in [3.05, 3.63) is 0 Å². The van der Waals surface area contributed by atoms with Crippen molar-refractivity contribution in [2.45, 2.75) is 38.9 Å². The molecule has 0 aliphatic carbocycles. The van der Waals surface area contributed by atoms with Gasteiger partial charge in [-0.2, -0.15) is 11.8 Å². The summed E-state index contributed by atoms with van der Waals surface area (Å²) in [5.41, 5.74) is 0. The fourth-order valence-electron chi connectivity index (χ4n) is 1.96. The van der Waals surface area contributed by atoms with E-state index in [0.29, 0.717) is 0 Å². The molecule has 1 saturated heterocycles. The number of aliphatic imine (C=N–C) groups is 1. The van der Waals surface area contributed by atoms with Gasteiger partial charge in [-0.1, -0.05) is 20.8 Å². The van der Waals surface area contributed by atoms with E-state index in [4.69, 9.17) is 0 Å². The van der Waals surface area contributed by atoms with Gasteiger partial charge in [-0.15, -0.1) is 0 Å². The Bertz CT molecular complexity index is 241. The maximum atomic E-state index is 4.40. The van der Waals surface area contributed by atoms with Gasteiger partial charge in [-0.3, -0.25) is 4.99 Å². The van der Waals surface area contributed by atoms with Gasteiger partial charge in [0.25, 0.3) is 0 Å². The van der Waals surface area contributed by atoms with Crippen molar-refractivity contribution in [1.29, 1.82) is 0 Å². The molecule has 0 aromatic heterocycles. The third kappa shape index (κ3) is 5.19. The zero-order valence-corrected chi connectivity index (χ0v) is 12.5. The smallest absolute Gasteiger partial charge is 0.193 e. The Balaban J connectivity index is 2.39. The molecule has 1 atom stereocenters. The van der Waals surface area contributed by atoms with Gasteiger partial charge in [0.15, 0.2) is 5.96 Å². The Hall–Kier alpha value is -0.380. The van der Waals surface area contributed by atoms with E-state index in [0.717, 1.165) is 36.8 Å². The van der Waals surface area contributed by atoms with Crippen LogP contribution < -0.4 is 5.32 Å². The van der Waals surface area contributed by atoms with E-state index < -0.39 is 0 Å². The summed E-state index contributed by atoms with van der Waals surface area (Å²) in [6.07, 6.45) is 2.46. The largest absolute Gasteiger partial charge is 0.356 e. The van der Waals surface area contributed by atoms with Crippen molar-refractivity contribution in [2.75, 3.05) is 32.4 Å². The quantitative estimate of drug-likeness (QED) is 0.619. The first-order valence-electron chi connectivity index (χ1n) is 6.74. The second-order valence-corrected chi connectivity index (χ2v) is 6.41. The number of guanidine groups is 1.